The summed E-state index contributed by atoms with van der Waals surface area (Å²) in [5, 5.41) is 21.2. The molecule has 1 N–H and O–H groups in total. The van der Waals surface area contributed by atoms with Crippen molar-refractivity contribution in [2.24, 2.45) is 0 Å². The summed E-state index contributed by atoms with van der Waals surface area (Å²) in [6, 6.07) is 8.70. The largest absolute Gasteiger partial charge is 0.549 e. The molecule has 0 fully saturated rings. The topological polar surface area (TPSA) is 60.4 Å². The van der Waals surface area contributed by atoms with E-state index in [0.717, 1.165) is 0 Å². The van der Waals surface area contributed by atoms with Gasteiger partial charge >= 0.3 is 0 Å². The van der Waals surface area contributed by atoms with Gasteiger partial charge < -0.3 is 19.5 Å². The number of rotatable bonds is 5. The van der Waals surface area contributed by atoms with Crippen LogP contribution in [0.15, 0.2) is 30.3 Å². The SMILES string of the molecule is C[N+](C)(C)CC(O)C(C(=O)[O-])c1ccccc1. The van der Waals surface area contributed by atoms with Crippen LogP contribution in [0.4, 0.5) is 0 Å². The van der Waals surface area contributed by atoms with E-state index < -0.39 is 18.0 Å². The second-order valence-corrected chi connectivity index (χ2v) is 5.25. The Balaban J connectivity index is 2.91. The minimum Gasteiger partial charge on any atom is -0.549 e. The molecular weight excluding hydrogens is 218 g/mol. The van der Waals surface area contributed by atoms with Crippen molar-refractivity contribution in [3.8, 4) is 0 Å². The highest BCUT2D eigenvalue weighted by Crippen LogP contribution is 2.20. The van der Waals surface area contributed by atoms with Gasteiger partial charge in [0, 0.05) is 0 Å². The van der Waals surface area contributed by atoms with Gasteiger partial charge in [0.1, 0.15) is 12.6 Å². The number of carboxylic acid groups (broad SMARTS) is 1. The minimum absolute atomic E-state index is 0.355. The summed E-state index contributed by atoms with van der Waals surface area (Å²) >= 11 is 0. The summed E-state index contributed by atoms with van der Waals surface area (Å²) in [4.78, 5) is 11.1. The maximum absolute atomic E-state index is 11.1. The Morgan fingerprint density at radius 3 is 2.24 bits per heavy atom. The van der Waals surface area contributed by atoms with Crippen LogP contribution in [0.5, 0.6) is 0 Å². The average Bonchev–Trinajstić information content (AvgIpc) is 2.15. The maximum Gasteiger partial charge on any atom is 0.115 e. The van der Waals surface area contributed by atoms with Crippen LogP contribution in [0, 0.1) is 0 Å². The van der Waals surface area contributed by atoms with E-state index in [2.05, 4.69) is 0 Å². The van der Waals surface area contributed by atoms with Gasteiger partial charge in [0.2, 0.25) is 0 Å². The number of hydrogen-bond acceptors (Lipinski definition) is 3. The molecule has 0 bridgehead atoms. The van der Waals surface area contributed by atoms with E-state index in [9.17, 15) is 15.0 Å². The van der Waals surface area contributed by atoms with Crippen molar-refractivity contribution >= 4 is 5.97 Å². The molecule has 1 aromatic rings. The van der Waals surface area contributed by atoms with Gasteiger partial charge in [0.15, 0.2) is 0 Å². The third-order valence-electron chi connectivity index (χ3n) is 2.53. The fourth-order valence-electron chi connectivity index (χ4n) is 1.84. The zero-order chi connectivity index (χ0) is 13.1. The Morgan fingerprint density at radius 1 is 1.29 bits per heavy atom. The zero-order valence-electron chi connectivity index (χ0n) is 10.5. The molecule has 1 rings (SSSR count). The molecule has 0 aliphatic heterocycles. The van der Waals surface area contributed by atoms with Crippen molar-refractivity contribution in [3.05, 3.63) is 35.9 Å². The molecule has 0 radical (unpaired) electrons. The molecule has 0 amide bonds. The molecule has 2 atom stereocenters. The number of aliphatic hydroxyl groups excluding tert-OH is 1. The first-order valence-corrected chi connectivity index (χ1v) is 5.55. The van der Waals surface area contributed by atoms with E-state index in [-0.39, 0.29) is 0 Å². The average molecular weight is 237 g/mol. The molecule has 0 aromatic heterocycles. The Labute approximate surface area is 102 Å². The molecular formula is C13H19NO3. The van der Waals surface area contributed by atoms with Crippen LogP contribution in [-0.4, -0.2) is 49.4 Å². The van der Waals surface area contributed by atoms with Crippen LogP contribution >= 0.6 is 0 Å². The summed E-state index contributed by atoms with van der Waals surface area (Å²) in [5.74, 6) is -2.22. The Bertz CT molecular complexity index is 370. The summed E-state index contributed by atoms with van der Waals surface area (Å²) in [5.41, 5.74) is 0.577. The predicted molar refractivity (Wildman–Crippen MR) is 63.1 cm³/mol. The molecule has 0 saturated carbocycles. The number of carbonyl (C=O) groups excluding carboxylic acids is 1. The van der Waals surface area contributed by atoms with E-state index in [0.29, 0.717) is 16.6 Å². The van der Waals surface area contributed by atoms with Gasteiger partial charge in [-0.25, -0.2) is 0 Å². The number of benzene rings is 1. The zero-order valence-corrected chi connectivity index (χ0v) is 10.5. The lowest BCUT2D eigenvalue weighted by Crippen LogP contribution is -2.47. The lowest BCUT2D eigenvalue weighted by molar-refractivity contribution is -0.873. The van der Waals surface area contributed by atoms with Crippen LogP contribution < -0.4 is 5.11 Å². The number of nitrogens with zero attached hydrogens (tertiary/aromatic N) is 1. The molecule has 94 valence electrons. The molecule has 0 saturated heterocycles. The quantitative estimate of drug-likeness (QED) is 0.708. The van der Waals surface area contributed by atoms with E-state index in [1.54, 1.807) is 24.3 Å². The summed E-state index contributed by atoms with van der Waals surface area (Å²) in [6.07, 6.45) is -0.956. The monoisotopic (exact) mass is 237 g/mol. The third-order valence-corrected chi connectivity index (χ3v) is 2.53. The fourth-order valence-corrected chi connectivity index (χ4v) is 1.84. The molecule has 0 aliphatic carbocycles. The van der Waals surface area contributed by atoms with E-state index in [1.807, 2.05) is 27.2 Å². The van der Waals surface area contributed by atoms with Gasteiger partial charge in [-0.2, -0.15) is 0 Å². The van der Waals surface area contributed by atoms with Gasteiger partial charge in [-0.15, -0.1) is 0 Å². The summed E-state index contributed by atoms with van der Waals surface area (Å²) < 4.78 is 0.498. The number of aliphatic hydroxyl groups is 1. The van der Waals surface area contributed by atoms with Gasteiger partial charge in [-0.1, -0.05) is 30.3 Å². The van der Waals surface area contributed by atoms with E-state index in [1.165, 1.54) is 0 Å². The molecule has 0 aliphatic rings. The van der Waals surface area contributed by atoms with Crippen molar-refractivity contribution in [2.75, 3.05) is 27.7 Å². The van der Waals surface area contributed by atoms with Gasteiger partial charge in [-0.05, 0) is 5.56 Å². The van der Waals surface area contributed by atoms with Crippen LogP contribution in [-0.2, 0) is 4.79 Å². The number of carbonyl (C=O) groups is 1. The first-order valence-electron chi connectivity index (χ1n) is 5.55. The lowest BCUT2D eigenvalue weighted by Gasteiger charge is -2.31. The molecule has 1 aromatic carbocycles. The van der Waals surface area contributed by atoms with Crippen LogP contribution in [0.25, 0.3) is 0 Å². The molecule has 4 nitrogen and oxygen atoms in total. The van der Waals surface area contributed by atoms with Crippen molar-refractivity contribution in [1.29, 1.82) is 0 Å². The molecule has 0 spiro atoms. The van der Waals surface area contributed by atoms with Crippen molar-refractivity contribution in [2.45, 2.75) is 12.0 Å². The fraction of sp³-hybridized carbons (Fsp3) is 0.462. The van der Waals surface area contributed by atoms with Gasteiger partial charge in [0.25, 0.3) is 0 Å². The first kappa shape index (κ1) is 13.7. The minimum atomic E-state index is -1.24. The van der Waals surface area contributed by atoms with E-state index >= 15 is 0 Å². The summed E-state index contributed by atoms with van der Waals surface area (Å²) in [7, 11) is 5.71. The second-order valence-electron chi connectivity index (χ2n) is 5.25. The lowest BCUT2D eigenvalue weighted by atomic mass is 9.93. The number of hydrogen-bond donors (Lipinski definition) is 1. The second kappa shape index (κ2) is 5.29. The smallest absolute Gasteiger partial charge is 0.115 e. The standard InChI is InChI=1S/C13H19NO3/c1-14(2,3)9-11(15)12(13(16)17)10-7-5-4-6-8-10/h4-8,11-12,15H,9H2,1-3H3. The molecule has 4 heteroatoms. The molecule has 2 unspecified atom stereocenters. The number of quaternary nitrogens is 1. The van der Waals surface area contributed by atoms with Crippen LogP contribution in [0.1, 0.15) is 11.5 Å². The normalized spacial score (nSPS) is 15.3. The van der Waals surface area contributed by atoms with Crippen molar-refractivity contribution in [1.82, 2.24) is 0 Å². The molecule has 17 heavy (non-hydrogen) atoms. The maximum atomic E-state index is 11.1. The highest BCUT2D eigenvalue weighted by atomic mass is 16.4. The third kappa shape index (κ3) is 4.17. The van der Waals surface area contributed by atoms with Gasteiger partial charge in [0.05, 0.1) is 33.0 Å². The van der Waals surface area contributed by atoms with Gasteiger partial charge in [-0.3, -0.25) is 0 Å². The van der Waals surface area contributed by atoms with Crippen molar-refractivity contribution < 1.29 is 19.5 Å². The highest BCUT2D eigenvalue weighted by molar-refractivity contribution is 5.74. The number of likely N-dealkylation sites (N-methyl/N-ethyl adjacent to an activating group) is 1. The van der Waals surface area contributed by atoms with E-state index in [4.69, 9.17) is 0 Å². The Kier molecular flexibility index (Phi) is 4.26. The first-order chi connectivity index (χ1) is 7.81. The Hall–Kier alpha value is -1.39. The number of aliphatic carboxylic acids is 1. The predicted octanol–water partition coefficient (Wildman–Crippen LogP) is -0.413. The highest BCUT2D eigenvalue weighted by Gasteiger charge is 2.27. The van der Waals surface area contributed by atoms with Crippen LogP contribution in [0.3, 0.4) is 0 Å². The Morgan fingerprint density at radius 2 is 1.82 bits per heavy atom. The summed E-state index contributed by atoms with van der Waals surface area (Å²) in [6.45, 7) is 0.355. The molecule has 0 heterocycles. The number of carboxylic acids is 1. The van der Waals surface area contributed by atoms with Crippen LogP contribution in [0.2, 0.25) is 0 Å². The van der Waals surface area contributed by atoms with Crippen molar-refractivity contribution in [3.63, 3.8) is 0 Å².